The standard InChI is InChI=1S/C13H13F3N2O.C2H6/c14-13(15,16)11-7-10(2-1-9(11)8-17)12(19)3-5-18-6-4-12;1-2/h1-2,7,18-19H,3-6H2;1-2H3. The molecule has 0 saturated carbocycles. The molecule has 1 aromatic rings. The molecule has 1 saturated heterocycles. The highest BCUT2D eigenvalue weighted by Gasteiger charge is 2.37. The van der Waals surface area contributed by atoms with E-state index in [4.69, 9.17) is 5.26 Å². The highest BCUT2D eigenvalue weighted by Crippen LogP contribution is 2.37. The number of alkyl halides is 3. The molecule has 2 N–H and O–H groups in total. The number of nitrogens with zero attached hydrogens (tertiary/aromatic N) is 1. The summed E-state index contributed by atoms with van der Waals surface area (Å²) in [5.74, 6) is 0. The van der Waals surface area contributed by atoms with Crippen molar-refractivity contribution < 1.29 is 18.3 Å². The van der Waals surface area contributed by atoms with Crippen LogP contribution in [0.5, 0.6) is 0 Å². The van der Waals surface area contributed by atoms with Gasteiger partial charge in [-0.15, -0.1) is 0 Å². The molecule has 1 heterocycles. The maximum Gasteiger partial charge on any atom is 0.417 e. The SMILES string of the molecule is CC.N#Cc1ccc(C2(O)CCNCC2)cc1C(F)(F)F. The van der Waals surface area contributed by atoms with Crippen LogP contribution in [0.15, 0.2) is 18.2 Å². The summed E-state index contributed by atoms with van der Waals surface area (Å²) in [5, 5.41) is 22.2. The Balaban J connectivity index is 0.00000106. The number of nitriles is 1. The first-order valence-electron chi connectivity index (χ1n) is 6.92. The van der Waals surface area contributed by atoms with Gasteiger partial charge in [-0.05, 0) is 43.6 Å². The predicted octanol–water partition coefficient (Wildman–Crippen LogP) is 3.17. The molecule has 1 aliphatic rings. The first-order valence-corrected chi connectivity index (χ1v) is 6.92. The molecule has 1 aromatic carbocycles. The van der Waals surface area contributed by atoms with Crippen LogP contribution >= 0.6 is 0 Å². The Morgan fingerprint density at radius 2 is 1.81 bits per heavy atom. The van der Waals surface area contributed by atoms with E-state index in [0.29, 0.717) is 25.9 Å². The fraction of sp³-hybridized carbons (Fsp3) is 0.533. The van der Waals surface area contributed by atoms with Crippen molar-refractivity contribution >= 4 is 0 Å². The maximum absolute atomic E-state index is 12.9. The zero-order chi connectivity index (χ0) is 16.1. The Labute approximate surface area is 122 Å². The van der Waals surface area contributed by atoms with Crippen LogP contribution in [-0.4, -0.2) is 18.2 Å². The van der Waals surface area contributed by atoms with Crippen LogP contribution < -0.4 is 5.32 Å². The van der Waals surface area contributed by atoms with E-state index in [9.17, 15) is 18.3 Å². The average molecular weight is 300 g/mol. The van der Waals surface area contributed by atoms with Gasteiger partial charge in [-0.2, -0.15) is 18.4 Å². The topological polar surface area (TPSA) is 56.0 Å². The van der Waals surface area contributed by atoms with E-state index >= 15 is 0 Å². The summed E-state index contributed by atoms with van der Waals surface area (Å²) in [6.07, 6.45) is -3.88. The summed E-state index contributed by atoms with van der Waals surface area (Å²) in [6.45, 7) is 5.11. The van der Waals surface area contributed by atoms with Crippen molar-refractivity contribution in [2.45, 2.75) is 38.5 Å². The maximum atomic E-state index is 12.9. The molecular formula is C15H19F3N2O. The quantitative estimate of drug-likeness (QED) is 0.837. The second kappa shape index (κ2) is 6.92. The summed E-state index contributed by atoms with van der Waals surface area (Å²) >= 11 is 0. The van der Waals surface area contributed by atoms with Crippen molar-refractivity contribution in [3.05, 3.63) is 34.9 Å². The van der Waals surface area contributed by atoms with Crippen LogP contribution in [0.25, 0.3) is 0 Å². The van der Waals surface area contributed by atoms with Crippen LogP contribution in [0.4, 0.5) is 13.2 Å². The largest absolute Gasteiger partial charge is 0.417 e. The number of rotatable bonds is 1. The molecule has 1 aliphatic heterocycles. The molecule has 0 aliphatic carbocycles. The molecule has 0 amide bonds. The Morgan fingerprint density at radius 1 is 1.24 bits per heavy atom. The summed E-state index contributed by atoms with van der Waals surface area (Å²) < 4.78 is 38.6. The van der Waals surface area contributed by atoms with E-state index in [1.165, 1.54) is 12.1 Å². The monoisotopic (exact) mass is 300 g/mol. The number of hydrogen-bond acceptors (Lipinski definition) is 3. The first-order chi connectivity index (χ1) is 9.87. The lowest BCUT2D eigenvalue weighted by molar-refractivity contribution is -0.138. The molecule has 1 fully saturated rings. The van der Waals surface area contributed by atoms with E-state index < -0.39 is 22.9 Å². The Morgan fingerprint density at radius 3 is 2.29 bits per heavy atom. The molecule has 0 spiro atoms. The second-order valence-electron chi connectivity index (χ2n) is 4.65. The fourth-order valence-corrected chi connectivity index (χ4v) is 2.29. The molecule has 0 radical (unpaired) electrons. The van der Waals surface area contributed by atoms with Gasteiger partial charge in [0.05, 0.1) is 22.8 Å². The lowest BCUT2D eigenvalue weighted by Crippen LogP contribution is -2.39. The van der Waals surface area contributed by atoms with Crippen LogP contribution in [0, 0.1) is 11.3 Å². The molecule has 0 atom stereocenters. The molecular weight excluding hydrogens is 281 g/mol. The fourth-order valence-electron chi connectivity index (χ4n) is 2.29. The van der Waals surface area contributed by atoms with Crippen LogP contribution in [0.1, 0.15) is 43.4 Å². The number of benzene rings is 1. The molecule has 21 heavy (non-hydrogen) atoms. The van der Waals surface area contributed by atoms with Crippen molar-refractivity contribution in [1.29, 1.82) is 5.26 Å². The van der Waals surface area contributed by atoms with Crippen LogP contribution in [-0.2, 0) is 11.8 Å². The normalized spacial score (nSPS) is 17.4. The molecule has 0 aromatic heterocycles. The van der Waals surface area contributed by atoms with Gasteiger partial charge in [0.1, 0.15) is 0 Å². The minimum Gasteiger partial charge on any atom is -0.385 e. The van der Waals surface area contributed by atoms with Gasteiger partial charge in [0.15, 0.2) is 0 Å². The van der Waals surface area contributed by atoms with Crippen molar-refractivity contribution in [2.24, 2.45) is 0 Å². The van der Waals surface area contributed by atoms with Crippen molar-refractivity contribution in [2.75, 3.05) is 13.1 Å². The number of piperidine rings is 1. The number of aliphatic hydroxyl groups is 1. The Bertz CT molecular complexity index is 515. The summed E-state index contributed by atoms with van der Waals surface area (Å²) in [4.78, 5) is 0. The van der Waals surface area contributed by atoms with Crippen LogP contribution in [0.2, 0.25) is 0 Å². The Kier molecular flexibility index (Phi) is 5.76. The van der Waals surface area contributed by atoms with Gasteiger partial charge in [0, 0.05) is 0 Å². The van der Waals surface area contributed by atoms with Crippen molar-refractivity contribution in [3.8, 4) is 6.07 Å². The van der Waals surface area contributed by atoms with Gasteiger partial charge >= 0.3 is 6.18 Å². The van der Waals surface area contributed by atoms with Crippen molar-refractivity contribution in [3.63, 3.8) is 0 Å². The third kappa shape index (κ3) is 3.96. The third-order valence-corrected chi connectivity index (χ3v) is 3.41. The van der Waals surface area contributed by atoms with Gasteiger partial charge in [-0.3, -0.25) is 0 Å². The second-order valence-corrected chi connectivity index (χ2v) is 4.65. The Hall–Kier alpha value is -1.58. The lowest BCUT2D eigenvalue weighted by atomic mass is 9.83. The van der Waals surface area contributed by atoms with Gasteiger partial charge < -0.3 is 10.4 Å². The minimum atomic E-state index is -4.59. The zero-order valence-electron chi connectivity index (χ0n) is 12.1. The van der Waals surface area contributed by atoms with Gasteiger partial charge in [-0.25, -0.2) is 0 Å². The zero-order valence-corrected chi connectivity index (χ0v) is 12.1. The number of hydrogen-bond donors (Lipinski definition) is 2. The average Bonchev–Trinajstić information content (AvgIpc) is 2.48. The predicted molar refractivity (Wildman–Crippen MR) is 73.5 cm³/mol. The molecule has 2 rings (SSSR count). The number of nitrogens with one attached hydrogen (secondary N) is 1. The molecule has 116 valence electrons. The summed E-state index contributed by atoms with van der Waals surface area (Å²) in [7, 11) is 0. The van der Waals surface area contributed by atoms with E-state index in [-0.39, 0.29) is 5.56 Å². The van der Waals surface area contributed by atoms with Gasteiger partial charge in [0.25, 0.3) is 0 Å². The van der Waals surface area contributed by atoms with Gasteiger partial charge in [0.2, 0.25) is 0 Å². The summed E-state index contributed by atoms with van der Waals surface area (Å²) in [6, 6.07) is 4.95. The molecule has 0 bridgehead atoms. The van der Waals surface area contributed by atoms with E-state index in [0.717, 1.165) is 12.1 Å². The summed E-state index contributed by atoms with van der Waals surface area (Å²) in [5.41, 5.74) is -2.44. The van der Waals surface area contributed by atoms with Gasteiger partial charge in [-0.1, -0.05) is 19.9 Å². The lowest BCUT2D eigenvalue weighted by Gasteiger charge is -2.33. The highest BCUT2D eigenvalue weighted by molar-refractivity contribution is 5.43. The van der Waals surface area contributed by atoms with E-state index in [1.807, 2.05) is 13.8 Å². The van der Waals surface area contributed by atoms with Crippen molar-refractivity contribution in [1.82, 2.24) is 5.32 Å². The highest BCUT2D eigenvalue weighted by atomic mass is 19.4. The molecule has 0 unspecified atom stereocenters. The smallest absolute Gasteiger partial charge is 0.385 e. The van der Waals surface area contributed by atoms with Crippen LogP contribution in [0.3, 0.4) is 0 Å². The number of halogens is 3. The van der Waals surface area contributed by atoms with E-state index in [2.05, 4.69) is 5.32 Å². The molecule has 6 heteroatoms. The molecule has 3 nitrogen and oxygen atoms in total. The minimum absolute atomic E-state index is 0.223. The van der Waals surface area contributed by atoms with E-state index in [1.54, 1.807) is 0 Å². The first kappa shape index (κ1) is 17.5. The third-order valence-electron chi connectivity index (χ3n) is 3.41.